The lowest BCUT2D eigenvalue weighted by Crippen LogP contribution is -2.25. The number of carbonyl (C=O) groups is 1. The number of nitrogens with one attached hydrogen (secondary N) is 1. The predicted molar refractivity (Wildman–Crippen MR) is 90.8 cm³/mol. The molecule has 0 heterocycles. The van der Waals surface area contributed by atoms with E-state index in [-0.39, 0.29) is 12.0 Å². The molecule has 0 spiro atoms. The molecular weight excluding hydrogens is 290 g/mol. The Morgan fingerprint density at radius 2 is 1.78 bits per heavy atom. The molecule has 1 amide bonds. The molecule has 0 aliphatic rings. The summed E-state index contributed by atoms with van der Waals surface area (Å²) in [7, 11) is 1.56. The first kappa shape index (κ1) is 17.0. The van der Waals surface area contributed by atoms with Gasteiger partial charge in [-0.15, -0.1) is 0 Å². The Morgan fingerprint density at radius 3 is 2.52 bits per heavy atom. The molecule has 122 valence electrons. The number of carbonyl (C=O) groups excluding carboxylic acids is 1. The van der Waals surface area contributed by atoms with Crippen LogP contribution in [0, 0.1) is 0 Å². The third-order valence-corrected chi connectivity index (χ3v) is 3.60. The molecule has 0 saturated carbocycles. The molecule has 4 heteroatoms. The van der Waals surface area contributed by atoms with Crippen molar-refractivity contribution >= 4 is 5.91 Å². The molecule has 0 aliphatic carbocycles. The number of methoxy groups -OCH3 is 1. The maximum Gasteiger partial charge on any atom is 0.255 e. The molecule has 2 rings (SSSR count). The molecule has 1 unspecified atom stereocenters. The van der Waals surface area contributed by atoms with Crippen molar-refractivity contribution in [2.45, 2.75) is 19.4 Å². The van der Waals surface area contributed by atoms with E-state index in [1.54, 1.807) is 19.2 Å². The van der Waals surface area contributed by atoms with E-state index in [1.165, 1.54) is 0 Å². The SMILES string of the molecule is COc1ccccc1C(=O)NCCCOC(C)c1ccccc1. The molecule has 1 atom stereocenters. The number of hydrogen-bond acceptors (Lipinski definition) is 3. The van der Waals surface area contributed by atoms with Gasteiger partial charge in [0.15, 0.2) is 0 Å². The van der Waals surface area contributed by atoms with Gasteiger partial charge >= 0.3 is 0 Å². The van der Waals surface area contributed by atoms with Crippen molar-refractivity contribution in [3.05, 3.63) is 65.7 Å². The molecule has 0 aliphatic heterocycles. The minimum atomic E-state index is -0.126. The third-order valence-electron chi connectivity index (χ3n) is 3.60. The van der Waals surface area contributed by atoms with Crippen molar-refractivity contribution in [3.8, 4) is 5.75 Å². The van der Waals surface area contributed by atoms with Crippen molar-refractivity contribution in [1.82, 2.24) is 5.32 Å². The fourth-order valence-corrected chi connectivity index (χ4v) is 2.28. The van der Waals surface area contributed by atoms with Crippen LogP contribution < -0.4 is 10.1 Å². The zero-order valence-corrected chi connectivity index (χ0v) is 13.6. The number of rotatable bonds is 8. The molecular formula is C19H23NO3. The van der Waals surface area contributed by atoms with Crippen LogP contribution in [0.4, 0.5) is 0 Å². The van der Waals surface area contributed by atoms with Crippen LogP contribution in [0.15, 0.2) is 54.6 Å². The summed E-state index contributed by atoms with van der Waals surface area (Å²) in [6.45, 7) is 3.20. The van der Waals surface area contributed by atoms with Gasteiger partial charge < -0.3 is 14.8 Å². The van der Waals surface area contributed by atoms with Crippen molar-refractivity contribution in [2.75, 3.05) is 20.3 Å². The smallest absolute Gasteiger partial charge is 0.255 e. The standard InChI is InChI=1S/C19H23NO3/c1-15(16-9-4-3-5-10-16)23-14-8-13-20-19(21)17-11-6-7-12-18(17)22-2/h3-7,9-12,15H,8,13-14H2,1-2H3,(H,20,21). The van der Waals surface area contributed by atoms with E-state index in [1.807, 2.05) is 49.4 Å². The molecule has 0 saturated heterocycles. The fourth-order valence-electron chi connectivity index (χ4n) is 2.28. The maximum atomic E-state index is 12.1. The Morgan fingerprint density at radius 1 is 1.09 bits per heavy atom. The molecule has 2 aromatic carbocycles. The van der Waals surface area contributed by atoms with Crippen molar-refractivity contribution in [2.24, 2.45) is 0 Å². The molecule has 0 radical (unpaired) electrons. The minimum Gasteiger partial charge on any atom is -0.496 e. The van der Waals surface area contributed by atoms with Crippen LogP contribution in [0.1, 0.15) is 35.4 Å². The second-order valence-corrected chi connectivity index (χ2v) is 5.23. The summed E-state index contributed by atoms with van der Waals surface area (Å²) in [5, 5.41) is 2.89. The summed E-state index contributed by atoms with van der Waals surface area (Å²) in [5.74, 6) is 0.456. The third kappa shape index (κ3) is 5.11. The lowest BCUT2D eigenvalue weighted by molar-refractivity contribution is 0.0635. The topological polar surface area (TPSA) is 47.6 Å². The van der Waals surface area contributed by atoms with Crippen molar-refractivity contribution < 1.29 is 14.3 Å². The average Bonchev–Trinajstić information content (AvgIpc) is 2.61. The zero-order valence-electron chi connectivity index (χ0n) is 13.6. The molecule has 4 nitrogen and oxygen atoms in total. The average molecular weight is 313 g/mol. The Balaban J connectivity index is 1.70. The number of benzene rings is 2. The van der Waals surface area contributed by atoms with Crippen LogP contribution in [-0.2, 0) is 4.74 Å². The van der Waals surface area contributed by atoms with Gasteiger partial charge in [-0.05, 0) is 31.0 Å². The van der Waals surface area contributed by atoms with E-state index in [2.05, 4.69) is 5.32 Å². The summed E-state index contributed by atoms with van der Waals surface area (Å²) in [5.41, 5.74) is 1.71. The highest BCUT2D eigenvalue weighted by Crippen LogP contribution is 2.17. The molecule has 0 bridgehead atoms. The van der Waals surface area contributed by atoms with Gasteiger partial charge in [0, 0.05) is 13.2 Å². The lowest BCUT2D eigenvalue weighted by Gasteiger charge is -2.13. The predicted octanol–water partition coefficient (Wildman–Crippen LogP) is 3.59. The monoisotopic (exact) mass is 313 g/mol. The number of hydrogen-bond donors (Lipinski definition) is 1. The lowest BCUT2D eigenvalue weighted by atomic mass is 10.1. The largest absolute Gasteiger partial charge is 0.496 e. The quantitative estimate of drug-likeness (QED) is 0.758. The Hall–Kier alpha value is -2.33. The molecule has 0 aromatic heterocycles. The molecule has 0 fully saturated rings. The summed E-state index contributed by atoms with van der Waals surface area (Å²) >= 11 is 0. The summed E-state index contributed by atoms with van der Waals surface area (Å²) in [4.78, 5) is 12.1. The Labute approximate surface area is 137 Å². The normalized spacial score (nSPS) is 11.7. The number of ether oxygens (including phenoxy) is 2. The van der Waals surface area contributed by atoms with Gasteiger partial charge in [0.05, 0.1) is 18.8 Å². The minimum absolute atomic E-state index is 0.0566. The van der Waals surface area contributed by atoms with Gasteiger partial charge in [0.1, 0.15) is 5.75 Å². The van der Waals surface area contributed by atoms with Crippen molar-refractivity contribution in [3.63, 3.8) is 0 Å². The highest BCUT2D eigenvalue weighted by atomic mass is 16.5. The molecule has 23 heavy (non-hydrogen) atoms. The van der Waals surface area contributed by atoms with Crippen LogP contribution in [0.3, 0.4) is 0 Å². The fraction of sp³-hybridized carbons (Fsp3) is 0.316. The van der Waals surface area contributed by atoms with E-state index in [9.17, 15) is 4.79 Å². The number of amides is 1. The van der Waals surface area contributed by atoms with Gasteiger partial charge in [-0.25, -0.2) is 0 Å². The Bertz CT molecular complexity index is 613. The number of para-hydroxylation sites is 1. The van der Waals surface area contributed by atoms with Gasteiger partial charge in [-0.1, -0.05) is 42.5 Å². The second kappa shape index (κ2) is 8.96. The van der Waals surface area contributed by atoms with Crippen LogP contribution in [-0.4, -0.2) is 26.2 Å². The highest BCUT2D eigenvalue weighted by Gasteiger charge is 2.10. The van der Waals surface area contributed by atoms with Crippen LogP contribution in [0.2, 0.25) is 0 Å². The summed E-state index contributed by atoms with van der Waals surface area (Å²) in [6.07, 6.45) is 0.819. The van der Waals surface area contributed by atoms with Gasteiger partial charge in [0.2, 0.25) is 0 Å². The van der Waals surface area contributed by atoms with Crippen molar-refractivity contribution in [1.29, 1.82) is 0 Å². The van der Waals surface area contributed by atoms with Crippen LogP contribution in [0.25, 0.3) is 0 Å². The van der Waals surface area contributed by atoms with Gasteiger partial charge in [-0.2, -0.15) is 0 Å². The van der Waals surface area contributed by atoms with E-state index < -0.39 is 0 Å². The van der Waals surface area contributed by atoms with Crippen LogP contribution >= 0.6 is 0 Å². The van der Waals surface area contributed by atoms with Gasteiger partial charge in [0.25, 0.3) is 5.91 Å². The highest BCUT2D eigenvalue weighted by molar-refractivity contribution is 5.96. The van der Waals surface area contributed by atoms with E-state index in [0.717, 1.165) is 12.0 Å². The first-order valence-electron chi connectivity index (χ1n) is 7.80. The summed E-state index contributed by atoms with van der Waals surface area (Å²) in [6, 6.07) is 17.3. The Kier molecular flexibility index (Phi) is 6.63. The zero-order chi connectivity index (χ0) is 16.5. The van der Waals surface area contributed by atoms with Gasteiger partial charge in [-0.3, -0.25) is 4.79 Å². The molecule has 1 N–H and O–H groups in total. The molecule has 2 aromatic rings. The second-order valence-electron chi connectivity index (χ2n) is 5.23. The van der Waals surface area contributed by atoms with E-state index in [0.29, 0.717) is 24.5 Å². The van der Waals surface area contributed by atoms with E-state index in [4.69, 9.17) is 9.47 Å². The van der Waals surface area contributed by atoms with Crippen LogP contribution in [0.5, 0.6) is 5.75 Å². The summed E-state index contributed by atoms with van der Waals surface area (Å²) < 4.78 is 11.0. The first-order valence-corrected chi connectivity index (χ1v) is 7.80. The van der Waals surface area contributed by atoms with E-state index >= 15 is 0 Å². The maximum absolute atomic E-state index is 12.1. The first-order chi connectivity index (χ1) is 11.2.